The zero-order valence-corrected chi connectivity index (χ0v) is 14.6. The molecule has 1 aromatic carbocycles. The van der Waals surface area contributed by atoms with Crippen LogP contribution < -0.4 is 5.56 Å². The van der Waals surface area contributed by atoms with Crippen LogP contribution in [0.3, 0.4) is 0 Å². The normalized spacial score (nSPS) is 12.0. The zero-order valence-electron chi connectivity index (χ0n) is 14.6. The molecule has 2 rings (SSSR count). The largest absolute Gasteiger partial charge is 0.290 e. The standard InChI is InChI=1S/C16H22N2O.C2H6/c1-15(2,3)14-17-12-10-8-7-9-11(12)13(19)18(14)16(4,5)6;1-2/h7-10H,1-6H3;1-2H3. The van der Waals surface area contributed by atoms with E-state index in [-0.39, 0.29) is 16.5 Å². The van der Waals surface area contributed by atoms with Crippen molar-refractivity contribution < 1.29 is 0 Å². The molecule has 0 saturated carbocycles. The van der Waals surface area contributed by atoms with Gasteiger partial charge < -0.3 is 0 Å². The first kappa shape index (κ1) is 17.4. The highest BCUT2D eigenvalue weighted by atomic mass is 16.1. The highest BCUT2D eigenvalue weighted by Crippen LogP contribution is 2.25. The molecular formula is C18H28N2O. The van der Waals surface area contributed by atoms with E-state index in [4.69, 9.17) is 4.98 Å². The number of fused-ring (bicyclic) bond motifs is 1. The minimum atomic E-state index is -0.281. The maximum Gasteiger partial charge on any atom is 0.261 e. The Morgan fingerprint density at radius 1 is 0.952 bits per heavy atom. The van der Waals surface area contributed by atoms with Gasteiger partial charge >= 0.3 is 0 Å². The lowest BCUT2D eigenvalue weighted by Crippen LogP contribution is -2.40. The molecule has 0 atom stereocenters. The molecule has 116 valence electrons. The first-order valence-electron chi connectivity index (χ1n) is 7.65. The van der Waals surface area contributed by atoms with Crippen molar-refractivity contribution in [1.29, 1.82) is 0 Å². The lowest BCUT2D eigenvalue weighted by molar-refractivity contribution is 0.338. The third kappa shape index (κ3) is 3.52. The van der Waals surface area contributed by atoms with Crippen LogP contribution in [0.15, 0.2) is 29.1 Å². The van der Waals surface area contributed by atoms with Crippen LogP contribution in [0.2, 0.25) is 0 Å². The molecular weight excluding hydrogens is 260 g/mol. The number of hydrogen-bond donors (Lipinski definition) is 0. The fourth-order valence-electron chi connectivity index (χ4n) is 2.26. The second-order valence-corrected chi connectivity index (χ2v) is 7.01. The Bertz CT molecular complexity index is 670. The molecule has 0 aliphatic carbocycles. The van der Waals surface area contributed by atoms with E-state index in [1.54, 1.807) is 0 Å². The van der Waals surface area contributed by atoms with Crippen molar-refractivity contribution in [2.24, 2.45) is 0 Å². The SMILES string of the molecule is CC.CC(C)(C)c1nc2ccccc2c(=O)n1C(C)(C)C. The van der Waals surface area contributed by atoms with Crippen LogP contribution in [0.1, 0.15) is 61.2 Å². The second kappa shape index (κ2) is 6.00. The number of benzene rings is 1. The van der Waals surface area contributed by atoms with E-state index in [2.05, 4.69) is 20.8 Å². The molecule has 0 radical (unpaired) electrons. The van der Waals surface area contributed by atoms with Gasteiger partial charge in [0, 0.05) is 11.0 Å². The predicted octanol–water partition coefficient (Wildman–Crippen LogP) is 4.48. The molecule has 0 fully saturated rings. The maximum atomic E-state index is 12.8. The Morgan fingerprint density at radius 3 is 1.95 bits per heavy atom. The molecule has 0 spiro atoms. The Hall–Kier alpha value is -1.64. The number of aromatic nitrogens is 2. The second-order valence-electron chi connectivity index (χ2n) is 7.01. The lowest BCUT2D eigenvalue weighted by Gasteiger charge is -2.31. The summed E-state index contributed by atoms with van der Waals surface area (Å²) in [5.41, 5.74) is 0.369. The summed E-state index contributed by atoms with van der Waals surface area (Å²) in [5.74, 6) is 0.837. The van der Waals surface area contributed by atoms with Crippen LogP contribution in [-0.4, -0.2) is 9.55 Å². The molecule has 21 heavy (non-hydrogen) atoms. The molecule has 0 N–H and O–H groups in total. The highest BCUT2D eigenvalue weighted by Gasteiger charge is 2.28. The van der Waals surface area contributed by atoms with Gasteiger partial charge in [0.1, 0.15) is 5.82 Å². The van der Waals surface area contributed by atoms with Gasteiger partial charge in [-0.1, -0.05) is 46.8 Å². The summed E-state index contributed by atoms with van der Waals surface area (Å²) in [6.45, 7) is 16.4. The Kier molecular flexibility index (Phi) is 4.98. The summed E-state index contributed by atoms with van der Waals surface area (Å²) in [6, 6.07) is 7.55. The van der Waals surface area contributed by atoms with Crippen LogP contribution >= 0.6 is 0 Å². The van der Waals surface area contributed by atoms with Gasteiger partial charge in [-0.25, -0.2) is 4.98 Å². The van der Waals surface area contributed by atoms with E-state index in [9.17, 15) is 4.79 Å². The fraction of sp³-hybridized carbons (Fsp3) is 0.556. The van der Waals surface area contributed by atoms with Gasteiger partial charge in [0.2, 0.25) is 0 Å². The molecule has 0 saturated heterocycles. The summed E-state index contributed by atoms with van der Waals surface area (Å²) >= 11 is 0. The van der Waals surface area contributed by atoms with Crippen LogP contribution in [0.4, 0.5) is 0 Å². The van der Waals surface area contributed by atoms with Crippen LogP contribution in [-0.2, 0) is 11.0 Å². The van der Waals surface area contributed by atoms with Crippen molar-refractivity contribution in [2.75, 3.05) is 0 Å². The third-order valence-electron chi connectivity index (χ3n) is 3.12. The Labute approximate surface area is 128 Å². The van der Waals surface area contributed by atoms with Gasteiger partial charge in [0.05, 0.1) is 10.9 Å². The molecule has 3 nitrogen and oxygen atoms in total. The fourth-order valence-corrected chi connectivity index (χ4v) is 2.26. The number of para-hydroxylation sites is 1. The van der Waals surface area contributed by atoms with E-state index >= 15 is 0 Å². The van der Waals surface area contributed by atoms with Crippen molar-refractivity contribution in [3.8, 4) is 0 Å². The molecule has 1 heterocycles. The monoisotopic (exact) mass is 288 g/mol. The minimum Gasteiger partial charge on any atom is -0.290 e. The molecule has 2 aromatic rings. The average Bonchev–Trinajstić information content (AvgIpc) is 2.38. The quantitative estimate of drug-likeness (QED) is 0.716. The summed E-state index contributed by atoms with van der Waals surface area (Å²) in [5, 5.41) is 0.686. The first-order valence-corrected chi connectivity index (χ1v) is 7.65. The van der Waals surface area contributed by atoms with Crippen molar-refractivity contribution in [3.05, 3.63) is 40.4 Å². The Balaban J connectivity index is 0.00000106. The van der Waals surface area contributed by atoms with Gasteiger partial charge in [0.15, 0.2) is 0 Å². The highest BCUT2D eigenvalue weighted by molar-refractivity contribution is 5.77. The van der Waals surface area contributed by atoms with Gasteiger partial charge in [0.25, 0.3) is 5.56 Å². The topological polar surface area (TPSA) is 34.9 Å². The summed E-state index contributed by atoms with van der Waals surface area (Å²) in [7, 11) is 0. The number of hydrogen-bond acceptors (Lipinski definition) is 2. The predicted molar refractivity (Wildman–Crippen MR) is 91.0 cm³/mol. The van der Waals surface area contributed by atoms with E-state index in [0.29, 0.717) is 5.39 Å². The van der Waals surface area contributed by atoms with E-state index in [1.165, 1.54) is 0 Å². The molecule has 0 unspecified atom stereocenters. The van der Waals surface area contributed by atoms with Crippen LogP contribution in [0.5, 0.6) is 0 Å². The molecule has 0 amide bonds. The van der Waals surface area contributed by atoms with Gasteiger partial charge in [-0.3, -0.25) is 9.36 Å². The number of nitrogens with zero attached hydrogens (tertiary/aromatic N) is 2. The third-order valence-corrected chi connectivity index (χ3v) is 3.12. The minimum absolute atomic E-state index is 0.0445. The molecule has 3 heteroatoms. The smallest absolute Gasteiger partial charge is 0.261 e. The zero-order chi connectivity index (χ0) is 16.4. The van der Waals surface area contributed by atoms with Gasteiger partial charge in [-0.05, 0) is 32.9 Å². The first-order chi connectivity index (χ1) is 9.62. The molecule has 0 bridgehead atoms. The maximum absolute atomic E-state index is 12.8. The Morgan fingerprint density at radius 2 is 1.48 bits per heavy atom. The van der Waals surface area contributed by atoms with Crippen molar-refractivity contribution in [1.82, 2.24) is 9.55 Å². The molecule has 1 aromatic heterocycles. The number of rotatable bonds is 0. The van der Waals surface area contributed by atoms with Crippen LogP contribution in [0, 0.1) is 0 Å². The lowest BCUT2D eigenvalue weighted by atomic mass is 9.93. The van der Waals surface area contributed by atoms with E-state index in [0.717, 1.165) is 11.3 Å². The van der Waals surface area contributed by atoms with Crippen LogP contribution in [0.25, 0.3) is 10.9 Å². The van der Waals surface area contributed by atoms with E-state index in [1.807, 2.05) is 63.5 Å². The van der Waals surface area contributed by atoms with Gasteiger partial charge in [-0.2, -0.15) is 0 Å². The average molecular weight is 288 g/mol. The van der Waals surface area contributed by atoms with Crippen molar-refractivity contribution >= 4 is 10.9 Å². The summed E-state index contributed by atoms with van der Waals surface area (Å²) in [4.78, 5) is 17.5. The van der Waals surface area contributed by atoms with E-state index < -0.39 is 0 Å². The van der Waals surface area contributed by atoms with Gasteiger partial charge in [-0.15, -0.1) is 0 Å². The molecule has 0 aliphatic rings. The summed E-state index contributed by atoms with van der Waals surface area (Å²) < 4.78 is 1.83. The van der Waals surface area contributed by atoms with Crippen molar-refractivity contribution in [2.45, 2.75) is 66.3 Å². The molecule has 0 aliphatic heterocycles. The van der Waals surface area contributed by atoms with Crippen molar-refractivity contribution in [3.63, 3.8) is 0 Å². The summed E-state index contributed by atoms with van der Waals surface area (Å²) in [6.07, 6.45) is 0.